The number of ether oxygens (including phenoxy) is 2. The van der Waals surface area contributed by atoms with Gasteiger partial charge in [0.15, 0.2) is 17.3 Å². The third-order valence-corrected chi connectivity index (χ3v) is 2.21. The van der Waals surface area contributed by atoms with Gasteiger partial charge in [0, 0.05) is 5.56 Å². The predicted octanol–water partition coefficient (Wildman–Crippen LogP) is 2.85. The van der Waals surface area contributed by atoms with Crippen molar-refractivity contribution in [1.82, 2.24) is 0 Å². The number of hydrogen-bond acceptors (Lipinski definition) is 3. The van der Waals surface area contributed by atoms with E-state index in [9.17, 15) is 4.79 Å². The van der Waals surface area contributed by atoms with Crippen LogP contribution < -0.4 is 9.47 Å². The van der Waals surface area contributed by atoms with Gasteiger partial charge in [-0.05, 0) is 32.0 Å². The van der Waals surface area contributed by atoms with Crippen LogP contribution in [0, 0.1) is 0 Å². The van der Waals surface area contributed by atoms with Crippen LogP contribution in [-0.4, -0.2) is 19.0 Å². The second kappa shape index (κ2) is 5.35. The number of carbonyl (C=O) groups is 1. The molecular weight excluding hydrogens is 204 g/mol. The topological polar surface area (TPSA) is 35.5 Å². The first kappa shape index (κ1) is 12.3. The fraction of sp³-hybridized carbons (Fsp3) is 0.308. The number of carbonyl (C=O) groups excluding carboxylic acids is 1. The molecule has 0 aliphatic carbocycles. The van der Waals surface area contributed by atoms with Crippen LogP contribution in [0.3, 0.4) is 0 Å². The van der Waals surface area contributed by atoms with Crippen LogP contribution in [0.2, 0.25) is 0 Å². The lowest BCUT2D eigenvalue weighted by molar-refractivity contribution is 0.101. The normalized spacial score (nSPS) is 11.7. The average Bonchev–Trinajstić information content (AvgIpc) is 2.29. The predicted molar refractivity (Wildman–Crippen MR) is 63.3 cm³/mol. The summed E-state index contributed by atoms with van der Waals surface area (Å²) in [7, 11) is 1.55. The lowest BCUT2D eigenvalue weighted by Gasteiger charge is -2.14. The quantitative estimate of drug-likeness (QED) is 0.565. The second-order valence-electron chi connectivity index (χ2n) is 3.48. The van der Waals surface area contributed by atoms with Crippen molar-refractivity contribution in [3.05, 3.63) is 36.4 Å². The molecule has 3 heteroatoms. The zero-order valence-corrected chi connectivity index (χ0v) is 9.82. The highest BCUT2D eigenvalue weighted by molar-refractivity contribution is 5.94. The van der Waals surface area contributed by atoms with E-state index in [1.54, 1.807) is 31.4 Å². The van der Waals surface area contributed by atoms with Gasteiger partial charge >= 0.3 is 0 Å². The van der Waals surface area contributed by atoms with Crippen LogP contribution in [0.15, 0.2) is 30.9 Å². The van der Waals surface area contributed by atoms with Gasteiger partial charge in [-0.15, -0.1) is 0 Å². The Bertz CT molecular complexity index is 396. The van der Waals surface area contributed by atoms with Gasteiger partial charge in [0.05, 0.1) is 7.11 Å². The molecule has 1 unspecified atom stereocenters. The number of benzene rings is 1. The summed E-state index contributed by atoms with van der Waals surface area (Å²) in [6, 6.07) is 5.12. The smallest absolute Gasteiger partial charge is 0.162 e. The van der Waals surface area contributed by atoms with Crippen molar-refractivity contribution in [2.45, 2.75) is 20.0 Å². The Labute approximate surface area is 95.7 Å². The maximum Gasteiger partial charge on any atom is 0.162 e. The zero-order valence-electron chi connectivity index (χ0n) is 9.82. The van der Waals surface area contributed by atoms with Crippen molar-refractivity contribution >= 4 is 5.78 Å². The Kier molecular flexibility index (Phi) is 4.11. The molecule has 0 heterocycles. The van der Waals surface area contributed by atoms with Crippen LogP contribution >= 0.6 is 0 Å². The monoisotopic (exact) mass is 220 g/mol. The van der Waals surface area contributed by atoms with Gasteiger partial charge in [-0.1, -0.05) is 12.7 Å². The Morgan fingerprint density at radius 2 is 2.12 bits per heavy atom. The number of hydrogen-bond donors (Lipinski definition) is 0. The molecular formula is C13H16O3. The Morgan fingerprint density at radius 1 is 1.44 bits per heavy atom. The van der Waals surface area contributed by atoms with E-state index in [-0.39, 0.29) is 11.9 Å². The highest BCUT2D eigenvalue weighted by atomic mass is 16.5. The molecule has 0 radical (unpaired) electrons. The van der Waals surface area contributed by atoms with Gasteiger partial charge in [0.25, 0.3) is 0 Å². The van der Waals surface area contributed by atoms with Crippen molar-refractivity contribution in [3.63, 3.8) is 0 Å². The van der Waals surface area contributed by atoms with Gasteiger partial charge < -0.3 is 9.47 Å². The minimum absolute atomic E-state index is 0.00150. The average molecular weight is 220 g/mol. The Hall–Kier alpha value is -1.77. The first-order valence-corrected chi connectivity index (χ1v) is 5.06. The SMILES string of the molecule is C=CC(C)Oc1ccc(C(C)=O)cc1OC. The first-order valence-electron chi connectivity index (χ1n) is 5.06. The molecule has 16 heavy (non-hydrogen) atoms. The highest BCUT2D eigenvalue weighted by Gasteiger charge is 2.09. The fourth-order valence-electron chi connectivity index (χ4n) is 1.23. The number of methoxy groups -OCH3 is 1. The van der Waals surface area contributed by atoms with E-state index in [2.05, 4.69) is 6.58 Å². The Balaban J connectivity index is 3.01. The van der Waals surface area contributed by atoms with E-state index < -0.39 is 0 Å². The van der Waals surface area contributed by atoms with Gasteiger partial charge in [-0.3, -0.25) is 4.79 Å². The number of ketones is 1. The summed E-state index contributed by atoms with van der Waals surface area (Å²) in [5.41, 5.74) is 0.607. The van der Waals surface area contributed by atoms with Crippen LogP contribution in [0.1, 0.15) is 24.2 Å². The molecule has 86 valence electrons. The van der Waals surface area contributed by atoms with Gasteiger partial charge in [0.2, 0.25) is 0 Å². The summed E-state index contributed by atoms with van der Waals surface area (Å²) in [4.78, 5) is 11.2. The molecule has 0 fully saturated rings. The summed E-state index contributed by atoms with van der Waals surface area (Å²) in [6.45, 7) is 7.03. The van der Waals surface area contributed by atoms with Crippen molar-refractivity contribution in [2.24, 2.45) is 0 Å². The highest BCUT2D eigenvalue weighted by Crippen LogP contribution is 2.29. The van der Waals surface area contributed by atoms with Gasteiger partial charge in [-0.25, -0.2) is 0 Å². The molecule has 0 saturated heterocycles. The summed E-state index contributed by atoms with van der Waals surface area (Å²) in [5, 5.41) is 0. The molecule has 0 bridgehead atoms. The van der Waals surface area contributed by atoms with E-state index in [1.807, 2.05) is 6.92 Å². The molecule has 1 atom stereocenters. The van der Waals surface area contributed by atoms with Crippen molar-refractivity contribution < 1.29 is 14.3 Å². The molecule has 1 rings (SSSR count). The summed E-state index contributed by atoms with van der Waals surface area (Å²) in [5.74, 6) is 1.17. The van der Waals surface area contributed by atoms with Crippen LogP contribution in [0.25, 0.3) is 0 Å². The van der Waals surface area contributed by atoms with E-state index in [4.69, 9.17) is 9.47 Å². The molecule has 0 amide bonds. The standard InChI is InChI=1S/C13H16O3/c1-5-9(2)16-12-7-6-11(10(3)14)8-13(12)15-4/h5-9H,1H2,2-4H3. The third-order valence-electron chi connectivity index (χ3n) is 2.21. The van der Waals surface area contributed by atoms with Crippen LogP contribution in [0.4, 0.5) is 0 Å². The van der Waals surface area contributed by atoms with Crippen molar-refractivity contribution in [3.8, 4) is 11.5 Å². The molecule has 0 aliphatic heterocycles. The van der Waals surface area contributed by atoms with Gasteiger partial charge in [0.1, 0.15) is 6.10 Å². The minimum atomic E-state index is -0.0999. The molecule has 0 aliphatic rings. The van der Waals surface area contributed by atoms with Crippen molar-refractivity contribution in [1.29, 1.82) is 0 Å². The number of Topliss-reactive ketones (excluding diaryl/α,β-unsaturated/α-hetero) is 1. The van der Waals surface area contributed by atoms with Crippen molar-refractivity contribution in [2.75, 3.05) is 7.11 Å². The molecule has 0 N–H and O–H groups in total. The zero-order chi connectivity index (χ0) is 12.1. The van der Waals surface area contributed by atoms with E-state index in [0.29, 0.717) is 17.1 Å². The largest absolute Gasteiger partial charge is 0.493 e. The maximum atomic E-state index is 11.2. The lowest BCUT2D eigenvalue weighted by atomic mass is 10.1. The van der Waals surface area contributed by atoms with Crippen LogP contribution in [0.5, 0.6) is 11.5 Å². The molecule has 0 aromatic heterocycles. The summed E-state index contributed by atoms with van der Waals surface area (Å²) in [6.07, 6.45) is 1.59. The summed E-state index contributed by atoms with van der Waals surface area (Å²) >= 11 is 0. The molecule has 1 aromatic carbocycles. The Morgan fingerprint density at radius 3 is 2.62 bits per heavy atom. The van der Waals surface area contributed by atoms with E-state index >= 15 is 0 Å². The minimum Gasteiger partial charge on any atom is -0.493 e. The molecule has 0 saturated carbocycles. The first-order chi connectivity index (χ1) is 7.58. The fourth-order valence-corrected chi connectivity index (χ4v) is 1.23. The molecule has 0 spiro atoms. The molecule has 1 aromatic rings. The lowest BCUT2D eigenvalue weighted by Crippen LogP contribution is -2.08. The maximum absolute atomic E-state index is 11.2. The second-order valence-corrected chi connectivity index (χ2v) is 3.48. The van der Waals surface area contributed by atoms with E-state index in [0.717, 1.165) is 0 Å². The van der Waals surface area contributed by atoms with E-state index in [1.165, 1.54) is 6.92 Å². The number of rotatable bonds is 5. The summed E-state index contributed by atoms with van der Waals surface area (Å²) < 4.78 is 10.7. The molecule has 3 nitrogen and oxygen atoms in total. The third kappa shape index (κ3) is 2.86. The van der Waals surface area contributed by atoms with Crippen LogP contribution in [-0.2, 0) is 0 Å². The van der Waals surface area contributed by atoms with Gasteiger partial charge in [-0.2, -0.15) is 0 Å².